The van der Waals surface area contributed by atoms with E-state index in [1.54, 1.807) is 0 Å². The first-order valence-corrected chi connectivity index (χ1v) is 4.24. The molecule has 0 atom stereocenters. The monoisotopic (exact) mass is 260 g/mol. The van der Waals surface area contributed by atoms with Crippen molar-refractivity contribution in [3.05, 3.63) is 16.9 Å². The van der Waals surface area contributed by atoms with Crippen molar-refractivity contribution >= 4 is 17.6 Å². The van der Waals surface area contributed by atoms with Gasteiger partial charge in [0.2, 0.25) is 0 Å². The van der Waals surface area contributed by atoms with Crippen molar-refractivity contribution in [2.75, 3.05) is 0 Å². The van der Waals surface area contributed by atoms with Crippen LogP contribution in [0.3, 0.4) is 0 Å². The van der Waals surface area contributed by atoms with Gasteiger partial charge in [-0.05, 0) is 0 Å². The van der Waals surface area contributed by atoms with Crippen LogP contribution in [0.15, 0.2) is 6.20 Å². The quantitative estimate of drug-likeness (QED) is 0.844. The smallest absolute Gasteiger partial charge is 0.357 e. The molecule has 0 bridgehead atoms. The number of aromatic nitrogens is 2. The molecule has 1 N–H and O–H groups in total. The predicted octanol–water partition coefficient (Wildman–Crippen LogP) is 2.14. The van der Waals surface area contributed by atoms with Crippen LogP contribution in [-0.2, 0) is 6.54 Å². The van der Waals surface area contributed by atoms with Crippen molar-refractivity contribution in [3.8, 4) is 0 Å². The number of rotatable bonds is 4. The van der Waals surface area contributed by atoms with Gasteiger partial charge in [0.25, 0.3) is 0 Å². The molecule has 0 saturated heterocycles. The number of hydrogen-bond acceptors (Lipinski definition) is 2. The highest BCUT2D eigenvalue weighted by Gasteiger charge is 2.41. The van der Waals surface area contributed by atoms with Gasteiger partial charge in [-0.25, -0.2) is 13.6 Å². The Morgan fingerprint density at radius 2 is 2.19 bits per heavy atom. The Morgan fingerprint density at radius 3 is 2.56 bits per heavy atom. The fourth-order valence-corrected chi connectivity index (χ4v) is 1.14. The first-order chi connectivity index (χ1) is 7.24. The van der Waals surface area contributed by atoms with E-state index in [1.165, 1.54) is 0 Å². The molecule has 1 heterocycles. The number of hydrogen-bond donors (Lipinski definition) is 1. The fourth-order valence-electron chi connectivity index (χ4n) is 0.908. The molecule has 1 rings (SSSR count). The summed E-state index contributed by atoms with van der Waals surface area (Å²) in [6, 6.07) is 0. The van der Waals surface area contributed by atoms with Crippen molar-refractivity contribution in [3.63, 3.8) is 0 Å². The summed E-state index contributed by atoms with van der Waals surface area (Å²) in [5.41, 5.74) is -0.660. The lowest BCUT2D eigenvalue weighted by Crippen LogP contribution is -2.32. The minimum atomic E-state index is -4.29. The second-order valence-electron chi connectivity index (χ2n) is 2.89. The maximum atomic E-state index is 12.6. The van der Waals surface area contributed by atoms with Crippen molar-refractivity contribution in [2.24, 2.45) is 0 Å². The third-order valence-corrected chi connectivity index (χ3v) is 1.89. The van der Waals surface area contributed by atoms with Crippen molar-refractivity contribution in [1.29, 1.82) is 0 Å². The van der Waals surface area contributed by atoms with Gasteiger partial charge in [-0.15, -0.1) is 0 Å². The van der Waals surface area contributed by atoms with Crippen LogP contribution in [-0.4, -0.2) is 33.2 Å². The van der Waals surface area contributed by atoms with Crippen LogP contribution >= 0.6 is 11.6 Å². The molecule has 0 spiro atoms. The Morgan fingerprint density at radius 1 is 1.62 bits per heavy atom. The molecule has 0 aliphatic heterocycles. The number of carboxylic acids is 1. The molecule has 0 saturated carbocycles. The lowest BCUT2D eigenvalue weighted by molar-refractivity contribution is -0.139. The zero-order valence-corrected chi connectivity index (χ0v) is 8.26. The molecule has 0 aliphatic rings. The maximum Gasteiger partial charge on any atom is 0.357 e. The molecule has 0 amide bonds. The van der Waals surface area contributed by atoms with Gasteiger partial charge in [-0.2, -0.15) is 13.9 Å². The molecular weight excluding hydrogens is 256 g/mol. The first-order valence-electron chi connectivity index (χ1n) is 3.86. The highest BCUT2D eigenvalue weighted by atomic mass is 35.5. The molecule has 1 aromatic rings. The van der Waals surface area contributed by atoms with Crippen LogP contribution < -0.4 is 0 Å². The highest BCUT2D eigenvalue weighted by molar-refractivity contribution is 6.33. The molecule has 0 unspecified atom stereocenters. The summed E-state index contributed by atoms with van der Waals surface area (Å²) in [6.45, 7) is -1.43. The number of carboxylic acid groups (broad SMARTS) is 1. The largest absolute Gasteiger partial charge is 0.476 e. The summed E-state index contributed by atoms with van der Waals surface area (Å²) >= 11 is 5.35. The van der Waals surface area contributed by atoms with Crippen LogP contribution in [0, 0.1) is 0 Å². The summed E-state index contributed by atoms with van der Waals surface area (Å²) in [7, 11) is 0. The van der Waals surface area contributed by atoms with Gasteiger partial charge in [0.1, 0.15) is 6.54 Å². The molecule has 0 aliphatic carbocycles. The van der Waals surface area contributed by atoms with Gasteiger partial charge in [-0.3, -0.25) is 4.68 Å². The maximum absolute atomic E-state index is 12.6. The van der Waals surface area contributed by atoms with Crippen LogP contribution in [0.1, 0.15) is 10.5 Å². The van der Waals surface area contributed by atoms with Crippen LogP contribution in [0.2, 0.25) is 5.02 Å². The first kappa shape index (κ1) is 12.8. The summed E-state index contributed by atoms with van der Waals surface area (Å²) in [5, 5.41) is 11.2. The van der Waals surface area contributed by atoms with Crippen molar-refractivity contribution in [1.82, 2.24) is 9.78 Å². The van der Waals surface area contributed by atoms with Gasteiger partial charge >= 0.3 is 18.3 Å². The molecule has 90 valence electrons. The van der Waals surface area contributed by atoms with E-state index in [2.05, 4.69) is 5.10 Å². The number of alkyl halides is 4. The number of halogens is 5. The lowest BCUT2D eigenvalue weighted by atomic mass is 10.3. The van der Waals surface area contributed by atoms with E-state index < -0.39 is 35.6 Å². The van der Waals surface area contributed by atoms with E-state index >= 15 is 0 Å². The lowest BCUT2D eigenvalue weighted by Gasteiger charge is -2.14. The minimum Gasteiger partial charge on any atom is -0.476 e. The van der Waals surface area contributed by atoms with Gasteiger partial charge in [0.15, 0.2) is 5.69 Å². The second-order valence-corrected chi connectivity index (χ2v) is 3.30. The molecule has 1 aromatic heterocycles. The van der Waals surface area contributed by atoms with Gasteiger partial charge in [0, 0.05) is 6.20 Å². The van der Waals surface area contributed by atoms with E-state index in [9.17, 15) is 22.4 Å². The Kier molecular flexibility index (Phi) is 3.41. The van der Waals surface area contributed by atoms with Crippen LogP contribution in [0.5, 0.6) is 0 Å². The zero-order chi connectivity index (χ0) is 12.5. The Labute approximate surface area is 91.4 Å². The molecule has 0 radical (unpaired) electrons. The normalized spacial score (nSPS) is 12.1. The van der Waals surface area contributed by atoms with Gasteiger partial charge in [-0.1, -0.05) is 11.6 Å². The Balaban J connectivity index is 2.91. The summed E-state index contributed by atoms with van der Waals surface area (Å²) in [6.07, 6.45) is -3.11. The molecule has 4 nitrogen and oxygen atoms in total. The topological polar surface area (TPSA) is 55.1 Å². The van der Waals surface area contributed by atoms with E-state index in [0.29, 0.717) is 4.68 Å². The fraction of sp³-hybridized carbons (Fsp3) is 0.429. The molecular formula is C7H5ClF4N2O2. The average molecular weight is 261 g/mol. The standard InChI is InChI=1S/C7H5ClF4N2O2/c8-3-1-14(13-4(3)5(15)16)2-7(11,12)6(9)10/h1,6H,2H2,(H,15,16). The molecule has 16 heavy (non-hydrogen) atoms. The molecule has 0 fully saturated rings. The van der Waals surface area contributed by atoms with E-state index in [0.717, 1.165) is 6.20 Å². The summed E-state index contributed by atoms with van der Waals surface area (Å²) in [4.78, 5) is 10.4. The van der Waals surface area contributed by atoms with Crippen LogP contribution in [0.4, 0.5) is 17.6 Å². The average Bonchev–Trinajstić information content (AvgIpc) is 2.45. The summed E-state index contributed by atoms with van der Waals surface area (Å²) < 4.78 is 49.2. The Hall–Kier alpha value is -1.31. The van der Waals surface area contributed by atoms with Gasteiger partial charge < -0.3 is 5.11 Å². The third-order valence-electron chi connectivity index (χ3n) is 1.61. The molecule has 9 heteroatoms. The van der Waals surface area contributed by atoms with Crippen LogP contribution in [0.25, 0.3) is 0 Å². The van der Waals surface area contributed by atoms with Gasteiger partial charge in [0.05, 0.1) is 5.02 Å². The SMILES string of the molecule is O=C(O)c1nn(CC(F)(F)C(F)F)cc1Cl. The second kappa shape index (κ2) is 4.28. The third kappa shape index (κ3) is 2.63. The number of nitrogens with zero attached hydrogens (tertiary/aromatic N) is 2. The Bertz CT molecular complexity index is 407. The zero-order valence-electron chi connectivity index (χ0n) is 7.50. The summed E-state index contributed by atoms with van der Waals surface area (Å²) in [5.74, 6) is -5.81. The van der Waals surface area contributed by atoms with E-state index in [4.69, 9.17) is 16.7 Å². The molecule has 0 aromatic carbocycles. The van der Waals surface area contributed by atoms with E-state index in [1.807, 2.05) is 0 Å². The number of carbonyl (C=O) groups is 1. The minimum absolute atomic E-state index is 0.373. The van der Waals surface area contributed by atoms with Crippen molar-refractivity contribution < 1.29 is 27.5 Å². The highest BCUT2D eigenvalue weighted by Crippen LogP contribution is 2.25. The number of aromatic carboxylic acids is 1. The predicted molar refractivity (Wildman–Crippen MR) is 45.1 cm³/mol. The van der Waals surface area contributed by atoms with Crippen molar-refractivity contribution in [2.45, 2.75) is 18.9 Å². The van der Waals surface area contributed by atoms with E-state index in [-0.39, 0.29) is 0 Å².